The quantitative estimate of drug-likeness (QED) is 0.735. The minimum atomic E-state index is -0.108. The van der Waals surface area contributed by atoms with Crippen molar-refractivity contribution in [3.05, 3.63) is 29.8 Å². The van der Waals surface area contributed by atoms with Crippen LogP contribution < -0.4 is 4.74 Å². The van der Waals surface area contributed by atoms with Gasteiger partial charge in [-0.25, -0.2) is 0 Å². The minimum Gasteiger partial charge on any atom is -0.497 e. The Kier molecular flexibility index (Phi) is 4.70. The average molecular weight is 235 g/mol. The second-order valence-electron chi connectivity index (χ2n) is 4.53. The molecule has 1 atom stereocenters. The van der Waals surface area contributed by atoms with Gasteiger partial charge in [0.25, 0.3) is 0 Å². The number of likely N-dealkylation sites (N-methyl/N-ethyl adjacent to an activating group) is 1. The number of hydrogen-bond donors (Lipinski definition) is 0. The zero-order chi connectivity index (χ0) is 13.0. The van der Waals surface area contributed by atoms with Crippen LogP contribution in [-0.2, 0) is 0 Å². The molecule has 0 heterocycles. The molecule has 1 unspecified atom stereocenters. The van der Waals surface area contributed by atoms with Gasteiger partial charge in [-0.15, -0.1) is 0 Å². The molecule has 1 aromatic carbocycles. The molecule has 0 aliphatic carbocycles. The lowest BCUT2D eigenvalue weighted by molar-refractivity contribution is 0.0836. The van der Waals surface area contributed by atoms with Gasteiger partial charge in [-0.1, -0.05) is 0 Å². The predicted octanol–water partition coefficient (Wildman–Crippen LogP) is 2.61. The number of hydrogen-bond acceptors (Lipinski definition) is 3. The largest absolute Gasteiger partial charge is 0.497 e. The summed E-state index contributed by atoms with van der Waals surface area (Å²) >= 11 is 0. The van der Waals surface area contributed by atoms with Crippen LogP contribution in [0.25, 0.3) is 0 Å². The maximum Gasteiger partial charge on any atom is 0.179 e. The van der Waals surface area contributed by atoms with Crippen molar-refractivity contribution in [3.8, 4) is 5.75 Å². The van der Waals surface area contributed by atoms with Crippen LogP contribution >= 0.6 is 0 Å². The second-order valence-corrected chi connectivity index (χ2v) is 4.53. The number of rotatable bonds is 5. The lowest BCUT2D eigenvalue weighted by atomic mass is 10.0. The first-order valence-corrected chi connectivity index (χ1v) is 5.87. The number of methoxy groups -OCH3 is 1. The molecule has 3 nitrogen and oxygen atoms in total. The van der Waals surface area contributed by atoms with E-state index in [2.05, 4.69) is 18.7 Å². The van der Waals surface area contributed by atoms with Gasteiger partial charge >= 0.3 is 0 Å². The highest BCUT2D eigenvalue weighted by molar-refractivity contribution is 5.99. The van der Waals surface area contributed by atoms with E-state index in [1.54, 1.807) is 7.11 Å². The van der Waals surface area contributed by atoms with Crippen LogP contribution in [0.2, 0.25) is 0 Å². The summed E-state index contributed by atoms with van der Waals surface area (Å²) in [5.74, 6) is 0.912. The minimum absolute atomic E-state index is 0.108. The van der Waals surface area contributed by atoms with E-state index in [0.29, 0.717) is 6.04 Å². The molecule has 0 aromatic heterocycles. The van der Waals surface area contributed by atoms with Gasteiger partial charge in [0, 0.05) is 11.6 Å². The van der Waals surface area contributed by atoms with Gasteiger partial charge in [-0.3, -0.25) is 9.69 Å². The molecule has 17 heavy (non-hydrogen) atoms. The van der Waals surface area contributed by atoms with Crippen molar-refractivity contribution in [3.63, 3.8) is 0 Å². The molecule has 0 aliphatic rings. The Morgan fingerprint density at radius 1 is 1.18 bits per heavy atom. The van der Waals surface area contributed by atoms with Gasteiger partial charge in [0.15, 0.2) is 5.78 Å². The molecule has 0 fully saturated rings. The van der Waals surface area contributed by atoms with E-state index in [0.717, 1.165) is 11.3 Å². The van der Waals surface area contributed by atoms with Crippen molar-refractivity contribution in [1.29, 1.82) is 0 Å². The van der Waals surface area contributed by atoms with E-state index in [1.807, 2.05) is 38.2 Å². The van der Waals surface area contributed by atoms with E-state index >= 15 is 0 Å². The Morgan fingerprint density at radius 2 is 1.71 bits per heavy atom. The molecule has 3 heteroatoms. The molecule has 0 bridgehead atoms. The number of benzene rings is 1. The number of carbonyl (C=O) groups is 1. The summed E-state index contributed by atoms with van der Waals surface area (Å²) in [6.45, 7) is 6.10. The number of nitrogens with zero attached hydrogens (tertiary/aromatic N) is 1. The molecule has 0 radical (unpaired) electrons. The van der Waals surface area contributed by atoms with E-state index in [1.165, 1.54) is 0 Å². The fourth-order valence-electron chi connectivity index (χ4n) is 1.63. The Labute approximate surface area is 103 Å². The molecule has 0 aliphatic heterocycles. The van der Waals surface area contributed by atoms with Gasteiger partial charge in [0.05, 0.1) is 13.2 Å². The van der Waals surface area contributed by atoms with Crippen LogP contribution in [0.5, 0.6) is 5.75 Å². The number of carbonyl (C=O) groups excluding carboxylic acids is 1. The molecule has 0 N–H and O–H groups in total. The zero-order valence-electron chi connectivity index (χ0n) is 11.2. The van der Waals surface area contributed by atoms with E-state index < -0.39 is 0 Å². The second kappa shape index (κ2) is 5.82. The van der Waals surface area contributed by atoms with Gasteiger partial charge in [-0.2, -0.15) is 0 Å². The van der Waals surface area contributed by atoms with Gasteiger partial charge in [-0.05, 0) is 52.1 Å². The fraction of sp³-hybridized carbons (Fsp3) is 0.500. The van der Waals surface area contributed by atoms with Gasteiger partial charge < -0.3 is 4.74 Å². The third kappa shape index (κ3) is 3.30. The molecular weight excluding hydrogens is 214 g/mol. The molecule has 1 aromatic rings. The highest BCUT2D eigenvalue weighted by atomic mass is 16.5. The normalized spacial score (nSPS) is 12.9. The molecule has 0 saturated carbocycles. The maximum atomic E-state index is 12.2. The Balaban J connectivity index is 2.81. The number of Topliss-reactive ketones (excluding diaryl/α,β-unsaturated/α-hetero) is 1. The van der Waals surface area contributed by atoms with Crippen molar-refractivity contribution < 1.29 is 9.53 Å². The lowest BCUT2D eigenvalue weighted by Gasteiger charge is -2.27. The first-order chi connectivity index (χ1) is 7.97. The van der Waals surface area contributed by atoms with Crippen LogP contribution in [0.4, 0.5) is 0 Å². The first kappa shape index (κ1) is 13.7. The Hall–Kier alpha value is -1.35. The summed E-state index contributed by atoms with van der Waals surface area (Å²) in [6.07, 6.45) is 0. The third-order valence-electron chi connectivity index (χ3n) is 3.18. The van der Waals surface area contributed by atoms with Gasteiger partial charge in [0.1, 0.15) is 5.75 Å². The van der Waals surface area contributed by atoms with Crippen molar-refractivity contribution in [2.75, 3.05) is 14.2 Å². The van der Waals surface area contributed by atoms with Crippen LogP contribution in [-0.4, -0.2) is 36.9 Å². The summed E-state index contributed by atoms with van der Waals surface area (Å²) < 4.78 is 5.07. The van der Waals surface area contributed by atoms with Crippen LogP contribution in [0.15, 0.2) is 24.3 Å². The van der Waals surface area contributed by atoms with Crippen LogP contribution in [0.1, 0.15) is 31.1 Å². The number of ether oxygens (including phenoxy) is 1. The number of ketones is 1. The molecular formula is C14H21NO2. The van der Waals surface area contributed by atoms with Gasteiger partial charge in [0.2, 0.25) is 0 Å². The van der Waals surface area contributed by atoms with Crippen molar-refractivity contribution in [2.24, 2.45) is 0 Å². The van der Waals surface area contributed by atoms with Crippen molar-refractivity contribution in [1.82, 2.24) is 4.90 Å². The Bertz CT molecular complexity index is 370. The van der Waals surface area contributed by atoms with Crippen molar-refractivity contribution in [2.45, 2.75) is 32.9 Å². The van der Waals surface area contributed by atoms with E-state index in [9.17, 15) is 4.79 Å². The molecule has 0 amide bonds. The smallest absolute Gasteiger partial charge is 0.179 e. The summed E-state index contributed by atoms with van der Waals surface area (Å²) in [5.41, 5.74) is 0.728. The third-order valence-corrected chi connectivity index (χ3v) is 3.18. The summed E-state index contributed by atoms with van der Waals surface area (Å²) in [6, 6.07) is 7.50. The predicted molar refractivity (Wildman–Crippen MR) is 69.7 cm³/mol. The molecule has 0 spiro atoms. The summed E-state index contributed by atoms with van der Waals surface area (Å²) in [7, 11) is 3.59. The van der Waals surface area contributed by atoms with Crippen LogP contribution in [0.3, 0.4) is 0 Å². The SMILES string of the molecule is COc1ccc(C(=O)C(C)N(C)C(C)C)cc1. The molecule has 0 saturated heterocycles. The van der Waals surface area contributed by atoms with E-state index in [4.69, 9.17) is 4.74 Å². The fourth-order valence-corrected chi connectivity index (χ4v) is 1.63. The monoisotopic (exact) mass is 235 g/mol. The highest BCUT2D eigenvalue weighted by Gasteiger charge is 2.21. The first-order valence-electron chi connectivity index (χ1n) is 5.87. The maximum absolute atomic E-state index is 12.2. The van der Waals surface area contributed by atoms with E-state index in [-0.39, 0.29) is 11.8 Å². The van der Waals surface area contributed by atoms with Crippen LogP contribution in [0, 0.1) is 0 Å². The topological polar surface area (TPSA) is 29.5 Å². The van der Waals surface area contributed by atoms with Crippen molar-refractivity contribution >= 4 is 5.78 Å². The average Bonchev–Trinajstić information content (AvgIpc) is 2.36. The standard InChI is InChI=1S/C14H21NO2/c1-10(2)15(4)11(3)14(16)12-6-8-13(17-5)9-7-12/h6-11H,1-5H3. The lowest BCUT2D eigenvalue weighted by Crippen LogP contribution is -2.40. The highest BCUT2D eigenvalue weighted by Crippen LogP contribution is 2.15. The molecule has 1 rings (SSSR count). The summed E-state index contributed by atoms with van der Waals surface area (Å²) in [5, 5.41) is 0. The Morgan fingerprint density at radius 3 is 2.12 bits per heavy atom. The molecule has 94 valence electrons. The summed E-state index contributed by atoms with van der Waals surface area (Å²) in [4.78, 5) is 14.3. The zero-order valence-corrected chi connectivity index (χ0v) is 11.2.